The minimum absolute atomic E-state index is 0.199. The summed E-state index contributed by atoms with van der Waals surface area (Å²) in [6, 6.07) is 8.78. The lowest BCUT2D eigenvalue weighted by Crippen LogP contribution is -2.48. The van der Waals surface area contributed by atoms with E-state index in [4.69, 9.17) is 15.2 Å². The van der Waals surface area contributed by atoms with Gasteiger partial charge in [0.15, 0.2) is 0 Å². The van der Waals surface area contributed by atoms with E-state index in [1.54, 1.807) is 7.11 Å². The van der Waals surface area contributed by atoms with Crippen molar-refractivity contribution in [3.05, 3.63) is 29.8 Å². The van der Waals surface area contributed by atoms with Crippen molar-refractivity contribution in [1.29, 1.82) is 0 Å². The van der Waals surface area contributed by atoms with Crippen LogP contribution in [0.4, 0.5) is 0 Å². The van der Waals surface area contributed by atoms with E-state index in [0.29, 0.717) is 12.6 Å². The van der Waals surface area contributed by atoms with Crippen molar-refractivity contribution < 1.29 is 9.47 Å². The fourth-order valence-electron chi connectivity index (χ4n) is 2.81. The second-order valence-corrected chi connectivity index (χ2v) is 4.87. The Bertz CT molecular complexity index is 397. The summed E-state index contributed by atoms with van der Waals surface area (Å²) >= 11 is 0. The Balaban J connectivity index is 2.27. The Morgan fingerprint density at radius 2 is 2.26 bits per heavy atom. The number of hydrogen-bond acceptors (Lipinski definition) is 4. The number of benzene rings is 1. The van der Waals surface area contributed by atoms with Crippen molar-refractivity contribution >= 4 is 0 Å². The molecule has 0 aromatic heterocycles. The van der Waals surface area contributed by atoms with Crippen LogP contribution in [0.5, 0.6) is 5.75 Å². The van der Waals surface area contributed by atoms with E-state index in [1.807, 2.05) is 18.2 Å². The molecule has 106 valence electrons. The number of para-hydroxylation sites is 1. The molecule has 2 N–H and O–H groups in total. The van der Waals surface area contributed by atoms with Crippen LogP contribution in [0.1, 0.15) is 24.9 Å². The molecule has 1 aromatic carbocycles. The first-order chi connectivity index (χ1) is 9.31. The summed E-state index contributed by atoms with van der Waals surface area (Å²) in [6.45, 7) is 5.29. The summed E-state index contributed by atoms with van der Waals surface area (Å²) in [4.78, 5) is 2.46. The third-order valence-electron chi connectivity index (χ3n) is 3.87. The molecule has 1 aliphatic heterocycles. The zero-order valence-electron chi connectivity index (χ0n) is 11.8. The fourth-order valence-corrected chi connectivity index (χ4v) is 2.81. The molecule has 0 radical (unpaired) electrons. The SMILES string of the molecule is CCC1COCCN1C(CN)c1ccccc1OC. The molecule has 2 atom stereocenters. The molecule has 0 amide bonds. The first kappa shape index (κ1) is 14.3. The molecule has 1 heterocycles. The van der Waals surface area contributed by atoms with E-state index in [2.05, 4.69) is 17.9 Å². The van der Waals surface area contributed by atoms with Gasteiger partial charge in [0.2, 0.25) is 0 Å². The number of morpholine rings is 1. The quantitative estimate of drug-likeness (QED) is 0.881. The predicted molar refractivity (Wildman–Crippen MR) is 76.4 cm³/mol. The van der Waals surface area contributed by atoms with E-state index in [0.717, 1.165) is 31.9 Å². The van der Waals surface area contributed by atoms with Crippen LogP contribution in [-0.4, -0.2) is 44.4 Å². The first-order valence-electron chi connectivity index (χ1n) is 6.98. The van der Waals surface area contributed by atoms with Crippen molar-refractivity contribution in [2.75, 3.05) is 33.4 Å². The molecule has 1 fully saturated rings. The maximum absolute atomic E-state index is 6.04. The Kier molecular flexibility index (Phi) is 5.19. The van der Waals surface area contributed by atoms with Gasteiger partial charge in [-0.3, -0.25) is 4.90 Å². The first-order valence-corrected chi connectivity index (χ1v) is 6.98. The highest BCUT2D eigenvalue weighted by Gasteiger charge is 2.29. The maximum Gasteiger partial charge on any atom is 0.123 e. The van der Waals surface area contributed by atoms with E-state index < -0.39 is 0 Å². The molecule has 0 spiro atoms. The van der Waals surface area contributed by atoms with Crippen LogP contribution in [0.25, 0.3) is 0 Å². The summed E-state index contributed by atoms with van der Waals surface area (Å²) < 4.78 is 11.1. The van der Waals surface area contributed by atoms with Crippen LogP contribution >= 0.6 is 0 Å². The summed E-state index contributed by atoms with van der Waals surface area (Å²) in [6.07, 6.45) is 1.08. The van der Waals surface area contributed by atoms with Crippen LogP contribution in [0.15, 0.2) is 24.3 Å². The molecule has 1 saturated heterocycles. The lowest BCUT2D eigenvalue weighted by Gasteiger charge is -2.40. The van der Waals surface area contributed by atoms with Gasteiger partial charge in [0.1, 0.15) is 5.75 Å². The number of methoxy groups -OCH3 is 1. The number of rotatable bonds is 5. The molecular weight excluding hydrogens is 240 g/mol. The summed E-state index contributed by atoms with van der Waals surface area (Å²) in [7, 11) is 1.71. The van der Waals surface area contributed by atoms with Gasteiger partial charge in [-0.2, -0.15) is 0 Å². The van der Waals surface area contributed by atoms with Crippen LogP contribution in [0.3, 0.4) is 0 Å². The maximum atomic E-state index is 6.04. The van der Waals surface area contributed by atoms with Crippen molar-refractivity contribution in [1.82, 2.24) is 4.90 Å². The smallest absolute Gasteiger partial charge is 0.123 e. The average Bonchev–Trinajstić information content (AvgIpc) is 2.49. The normalized spacial score (nSPS) is 22.2. The summed E-state index contributed by atoms with van der Waals surface area (Å²) in [5.74, 6) is 0.916. The Morgan fingerprint density at radius 3 is 2.95 bits per heavy atom. The fraction of sp³-hybridized carbons (Fsp3) is 0.600. The van der Waals surface area contributed by atoms with Gasteiger partial charge in [0.05, 0.1) is 26.4 Å². The molecule has 0 saturated carbocycles. The average molecular weight is 264 g/mol. The second kappa shape index (κ2) is 6.89. The van der Waals surface area contributed by atoms with E-state index >= 15 is 0 Å². The highest BCUT2D eigenvalue weighted by Crippen LogP contribution is 2.31. The highest BCUT2D eigenvalue weighted by molar-refractivity contribution is 5.36. The number of hydrogen-bond donors (Lipinski definition) is 1. The molecule has 2 rings (SSSR count). The van der Waals surface area contributed by atoms with Gasteiger partial charge in [-0.25, -0.2) is 0 Å². The standard InChI is InChI=1S/C15H24N2O2/c1-3-12-11-19-9-8-17(12)14(10-16)13-6-4-5-7-15(13)18-2/h4-7,12,14H,3,8-11,16H2,1-2H3. The molecule has 4 nitrogen and oxygen atoms in total. The van der Waals surface area contributed by atoms with Crippen LogP contribution < -0.4 is 10.5 Å². The summed E-state index contributed by atoms with van der Waals surface area (Å²) in [5.41, 5.74) is 7.21. The van der Waals surface area contributed by atoms with Crippen LogP contribution in [0, 0.1) is 0 Å². The van der Waals surface area contributed by atoms with Crippen LogP contribution in [0.2, 0.25) is 0 Å². The largest absolute Gasteiger partial charge is 0.496 e. The molecule has 1 aliphatic rings. The minimum atomic E-state index is 0.199. The molecule has 2 unspecified atom stereocenters. The second-order valence-electron chi connectivity index (χ2n) is 4.87. The number of nitrogens with two attached hydrogens (primary N) is 1. The van der Waals surface area contributed by atoms with Crippen molar-refractivity contribution in [2.45, 2.75) is 25.4 Å². The van der Waals surface area contributed by atoms with E-state index in [-0.39, 0.29) is 6.04 Å². The number of nitrogens with zero attached hydrogens (tertiary/aromatic N) is 1. The number of ether oxygens (including phenoxy) is 2. The van der Waals surface area contributed by atoms with Gasteiger partial charge in [0, 0.05) is 24.7 Å². The van der Waals surface area contributed by atoms with Crippen molar-refractivity contribution in [3.63, 3.8) is 0 Å². The molecule has 0 bridgehead atoms. The highest BCUT2D eigenvalue weighted by atomic mass is 16.5. The van der Waals surface area contributed by atoms with Gasteiger partial charge in [0.25, 0.3) is 0 Å². The van der Waals surface area contributed by atoms with Gasteiger partial charge in [-0.15, -0.1) is 0 Å². The lowest BCUT2D eigenvalue weighted by atomic mass is 10.0. The van der Waals surface area contributed by atoms with Gasteiger partial charge >= 0.3 is 0 Å². The third kappa shape index (κ3) is 3.08. The molecule has 1 aromatic rings. The minimum Gasteiger partial charge on any atom is -0.496 e. The Labute approximate surface area is 115 Å². The van der Waals surface area contributed by atoms with E-state index in [9.17, 15) is 0 Å². The van der Waals surface area contributed by atoms with Crippen molar-refractivity contribution in [3.8, 4) is 5.75 Å². The zero-order chi connectivity index (χ0) is 13.7. The Morgan fingerprint density at radius 1 is 1.47 bits per heavy atom. The topological polar surface area (TPSA) is 47.7 Å². The molecular formula is C15H24N2O2. The third-order valence-corrected chi connectivity index (χ3v) is 3.87. The monoisotopic (exact) mass is 264 g/mol. The molecule has 0 aliphatic carbocycles. The lowest BCUT2D eigenvalue weighted by molar-refractivity contribution is -0.0294. The van der Waals surface area contributed by atoms with Gasteiger partial charge in [-0.1, -0.05) is 25.1 Å². The zero-order valence-corrected chi connectivity index (χ0v) is 11.8. The van der Waals surface area contributed by atoms with Gasteiger partial charge < -0.3 is 15.2 Å². The van der Waals surface area contributed by atoms with Crippen molar-refractivity contribution in [2.24, 2.45) is 5.73 Å². The van der Waals surface area contributed by atoms with Gasteiger partial charge in [-0.05, 0) is 12.5 Å². The summed E-state index contributed by atoms with van der Waals surface area (Å²) in [5, 5.41) is 0. The predicted octanol–water partition coefficient (Wildman–Crippen LogP) is 1.81. The van der Waals surface area contributed by atoms with E-state index in [1.165, 1.54) is 5.56 Å². The van der Waals surface area contributed by atoms with Crippen LogP contribution in [-0.2, 0) is 4.74 Å². The molecule has 4 heteroatoms. The Hall–Kier alpha value is -1.10. The molecule has 19 heavy (non-hydrogen) atoms.